The molecule has 1 aliphatic rings. The van der Waals surface area contributed by atoms with Gasteiger partial charge in [-0.05, 0) is 30.2 Å². The first-order valence-corrected chi connectivity index (χ1v) is 12.7. The van der Waals surface area contributed by atoms with Crippen LogP contribution in [-0.4, -0.2) is 77.0 Å². The second kappa shape index (κ2) is 10.4. The van der Waals surface area contributed by atoms with Crippen molar-refractivity contribution in [3.63, 3.8) is 0 Å². The lowest BCUT2D eigenvalue weighted by atomic mass is 10.1. The molecule has 184 valence electrons. The number of benzene rings is 1. The van der Waals surface area contributed by atoms with E-state index in [9.17, 15) is 18.0 Å². The Morgan fingerprint density at radius 1 is 1.00 bits per heavy atom. The summed E-state index contributed by atoms with van der Waals surface area (Å²) in [6.45, 7) is 4.21. The monoisotopic (exact) mass is 497 g/mol. The highest BCUT2D eigenvalue weighted by Gasteiger charge is 2.30. The molecule has 0 radical (unpaired) electrons. The lowest BCUT2D eigenvalue weighted by Gasteiger charge is -2.33. The third kappa shape index (κ3) is 5.25. The second-order valence-electron chi connectivity index (χ2n) is 8.37. The van der Waals surface area contributed by atoms with E-state index in [0.29, 0.717) is 11.5 Å². The molecule has 3 heterocycles. The van der Waals surface area contributed by atoms with Crippen LogP contribution in [0, 0.1) is 0 Å². The maximum atomic E-state index is 12.8. The Balaban J connectivity index is 1.36. The van der Waals surface area contributed by atoms with Crippen molar-refractivity contribution >= 4 is 21.9 Å². The molecular weight excluding hydrogens is 470 g/mol. The first-order chi connectivity index (χ1) is 16.8. The number of ether oxygens (including phenoxy) is 1. The van der Waals surface area contributed by atoms with E-state index in [0.717, 1.165) is 0 Å². The van der Waals surface area contributed by atoms with E-state index >= 15 is 0 Å². The molecule has 1 fully saturated rings. The molecule has 1 aliphatic heterocycles. The average molecular weight is 498 g/mol. The second-order valence-corrected chi connectivity index (χ2v) is 10.3. The van der Waals surface area contributed by atoms with E-state index < -0.39 is 22.6 Å². The Bertz CT molecular complexity index is 1280. The Morgan fingerprint density at radius 3 is 2.31 bits per heavy atom. The minimum atomic E-state index is -3.61. The summed E-state index contributed by atoms with van der Waals surface area (Å²) in [6.07, 6.45) is 3.06. The van der Waals surface area contributed by atoms with Gasteiger partial charge >= 0.3 is 5.97 Å². The van der Waals surface area contributed by atoms with Crippen molar-refractivity contribution in [2.75, 3.05) is 32.8 Å². The molecule has 1 saturated heterocycles. The topological polar surface area (TPSA) is 115 Å². The molecule has 0 N–H and O–H groups in total. The van der Waals surface area contributed by atoms with Gasteiger partial charge in [-0.1, -0.05) is 38.1 Å². The smallest absolute Gasteiger partial charge is 0.342 e. The van der Waals surface area contributed by atoms with Crippen molar-refractivity contribution in [1.29, 1.82) is 0 Å². The normalized spacial score (nSPS) is 14.8. The Morgan fingerprint density at radius 2 is 1.69 bits per heavy atom. The number of esters is 1. The van der Waals surface area contributed by atoms with Crippen LogP contribution in [0.15, 0.2) is 65.8 Å². The molecule has 0 saturated carbocycles. The molecule has 1 aromatic carbocycles. The molecule has 0 unspecified atom stereocenters. The van der Waals surface area contributed by atoms with Gasteiger partial charge in [-0.15, -0.1) is 0 Å². The molecule has 10 nitrogen and oxygen atoms in total. The number of nitrogens with zero attached hydrogens (tertiary/aromatic N) is 5. The summed E-state index contributed by atoms with van der Waals surface area (Å²) in [5.41, 5.74) is 0.915. The van der Waals surface area contributed by atoms with Crippen LogP contribution in [0.4, 0.5) is 0 Å². The zero-order chi connectivity index (χ0) is 25.0. The van der Waals surface area contributed by atoms with Crippen LogP contribution >= 0.6 is 0 Å². The fourth-order valence-corrected chi connectivity index (χ4v) is 5.39. The Labute approximate surface area is 204 Å². The number of piperazine rings is 1. The highest BCUT2D eigenvalue weighted by atomic mass is 32.2. The highest BCUT2D eigenvalue weighted by Crippen LogP contribution is 2.23. The maximum absolute atomic E-state index is 12.8. The van der Waals surface area contributed by atoms with E-state index in [2.05, 4.69) is 10.1 Å². The van der Waals surface area contributed by atoms with Crippen LogP contribution < -0.4 is 0 Å². The number of hydrogen-bond acceptors (Lipinski definition) is 7. The zero-order valence-corrected chi connectivity index (χ0v) is 20.4. The van der Waals surface area contributed by atoms with Crippen molar-refractivity contribution in [3.8, 4) is 5.82 Å². The third-order valence-corrected chi connectivity index (χ3v) is 7.65. The SMILES string of the molecule is CC(C)c1c(C(=O)OCC(=O)N2CCN(S(=O)(=O)c3ccccc3)CC2)cnn1-c1ccccn1. The number of rotatable bonds is 7. The predicted octanol–water partition coefficient (Wildman–Crippen LogP) is 2.08. The number of pyridine rings is 1. The quantitative estimate of drug-likeness (QED) is 0.459. The molecule has 11 heteroatoms. The van der Waals surface area contributed by atoms with Gasteiger partial charge in [-0.2, -0.15) is 9.40 Å². The van der Waals surface area contributed by atoms with Gasteiger partial charge in [0, 0.05) is 32.4 Å². The van der Waals surface area contributed by atoms with Crippen molar-refractivity contribution in [1.82, 2.24) is 24.0 Å². The molecule has 2 aromatic heterocycles. The molecule has 0 bridgehead atoms. The van der Waals surface area contributed by atoms with Gasteiger partial charge in [0.05, 0.1) is 16.8 Å². The van der Waals surface area contributed by atoms with Gasteiger partial charge in [0.1, 0.15) is 5.56 Å². The Kier molecular flexibility index (Phi) is 7.27. The van der Waals surface area contributed by atoms with Crippen LogP contribution in [0.2, 0.25) is 0 Å². The highest BCUT2D eigenvalue weighted by molar-refractivity contribution is 7.89. The van der Waals surface area contributed by atoms with Crippen molar-refractivity contribution in [2.45, 2.75) is 24.7 Å². The van der Waals surface area contributed by atoms with Crippen molar-refractivity contribution in [2.24, 2.45) is 0 Å². The molecular formula is C24H27N5O5S. The molecule has 4 rings (SSSR count). The first-order valence-electron chi connectivity index (χ1n) is 11.3. The molecule has 0 spiro atoms. The van der Waals surface area contributed by atoms with Crippen molar-refractivity contribution < 1.29 is 22.7 Å². The van der Waals surface area contributed by atoms with E-state index in [4.69, 9.17) is 4.74 Å². The van der Waals surface area contributed by atoms with Gasteiger partial charge in [0.2, 0.25) is 10.0 Å². The van der Waals surface area contributed by atoms with Gasteiger partial charge in [0.25, 0.3) is 5.91 Å². The number of amides is 1. The largest absolute Gasteiger partial charge is 0.452 e. The lowest BCUT2D eigenvalue weighted by Crippen LogP contribution is -2.51. The lowest BCUT2D eigenvalue weighted by molar-refractivity contribution is -0.135. The Hall–Kier alpha value is -3.57. The van der Waals surface area contributed by atoms with Crippen LogP contribution in [0.25, 0.3) is 5.82 Å². The van der Waals surface area contributed by atoms with Gasteiger partial charge in [-0.25, -0.2) is 22.9 Å². The molecule has 3 aromatic rings. The first kappa shape index (κ1) is 24.6. The van der Waals surface area contributed by atoms with Gasteiger partial charge < -0.3 is 9.64 Å². The van der Waals surface area contributed by atoms with Crippen LogP contribution in [0.5, 0.6) is 0 Å². The van der Waals surface area contributed by atoms with Crippen LogP contribution in [-0.2, 0) is 19.6 Å². The van der Waals surface area contributed by atoms with Gasteiger partial charge in [0.15, 0.2) is 12.4 Å². The standard InChI is InChI=1S/C24H27N5O5S/c1-18(2)23-20(16-26-29(23)21-10-6-7-11-25-21)24(31)34-17-22(30)27-12-14-28(15-13-27)35(32,33)19-8-4-3-5-9-19/h3-11,16,18H,12-15,17H2,1-2H3. The third-order valence-electron chi connectivity index (χ3n) is 5.74. The zero-order valence-electron chi connectivity index (χ0n) is 19.6. The summed E-state index contributed by atoms with van der Waals surface area (Å²) in [7, 11) is -3.61. The van der Waals surface area contributed by atoms with Crippen LogP contribution in [0.3, 0.4) is 0 Å². The predicted molar refractivity (Wildman–Crippen MR) is 128 cm³/mol. The minimum absolute atomic E-state index is 0.0441. The summed E-state index contributed by atoms with van der Waals surface area (Å²) in [5.74, 6) is -0.486. The summed E-state index contributed by atoms with van der Waals surface area (Å²) in [6, 6.07) is 13.6. The summed E-state index contributed by atoms with van der Waals surface area (Å²) in [4.78, 5) is 31.5. The van der Waals surface area contributed by atoms with E-state index in [-0.39, 0.29) is 48.5 Å². The van der Waals surface area contributed by atoms with Crippen molar-refractivity contribution in [3.05, 3.63) is 72.2 Å². The molecule has 35 heavy (non-hydrogen) atoms. The number of sulfonamides is 1. The number of aromatic nitrogens is 3. The number of carbonyl (C=O) groups excluding carboxylic acids is 2. The van der Waals surface area contributed by atoms with E-state index in [1.165, 1.54) is 15.4 Å². The number of carbonyl (C=O) groups is 2. The molecule has 0 atom stereocenters. The summed E-state index contributed by atoms with van der Waals surface area (Å²) >= 11 is 0. The fraction of sp³-hybridized carbons (Fsp3) is 0.333. The molecule has 1 amide bonds. The van der Waals surface area contributed by atoms with Gasteiger partial charge in [-0.3, -0.25) is 4.79 Å². The number of hydrogen-bond donors (Lipinski definition) is 0. The van der Waals surface area contributed by atoms with Crippen LogP contribution in [0.1, 0.15) is 35.8 Å². The summed E-state index contributed by atoms with van der Waals surface area (Å²) in [5, 5.41) is 4.30. The maximum Gasteiger partial charge on any atom is 0.342 e. The molecule has 0 aliphatic carbocycles. The average Bonchev–Trinajstić information content (AvgIpc) is 3.34. The summed E-state index contributed by atoms with van der Waals surface area (Å²) < 4.78 is 33.8. The minimum Gasteiger partial charge on any atom is -0.452 e. The fourth-order valence-electron chi connectivity index (χ4n) is 3.95. The van der Waals surface area contributed by atoms with E-state index in [1.807, 2.05) is 19.9 Å². The van der Waals surface area contributed by atoms with E-state index in [1.54, 1.807) is 53.3 Å².